The lowest BCUT2D eigenvalue weighted by molar-refractivity contribution is -0.116. The van der Waals surface area contributed by atoms with E-state index in [0.717, 1.165) is 12.8 Å². The quantitative estimate of drug-likeness (QED) is 0.194. The molecule has 0 spiro atoms. The molecule has 0 aliphatic carbocycles. The highest BCUT2D eigenvalue weighted by Crippen LogP contribution is 2.33. The zero-order valence-electron chi connectivity index (χ0n) is 20.0. The molecule has 0 fully saturated rings. The number of amides is 1. The van der Waals surface area contributed by atoms with Crippen LogP contribution in [0.2, 0.25) is 5.02 Å². The summed E-state index contributed by atoms with van der Waals surface area (Å²) in [6, 6.07) is 13.4. The number of carbonyl (C=O) groups excluding carboxylic acids is 2. The number of aromatic nitrogens is 4. The molecule has 1 amide bonds. The Balaban J connectivity index is 1.29. The SMILES string of the molecule is CCCCOC(=O)c1ccc(NC(=O)CC2CSc3nc4c(cnn4-c4cccc(Cl)c4)c(=O)n32)cc1. The highest BCUT2D eigenvalue weighted by Gasteiger charge is 2.29. The lowest BCUT2D eigenvalue weighted by atomic mass is 10.2. The summed E-state index contributed by atoms with van der Waals surface area (Å²) in [7, 11) is 0. The van der Waals surface area contributed by atoms with Crippen molar-refractivity contribution in [1.29, 1.82) is 0 Å². The van der Waals surface area contributed by atoms with Gasteiger partial charge in [-0.3, -0.25) is 14.2 Å². The molecule has 0 bridgehead atoms. The van der Waals surface area contributed by atoms with Crippen molar-refractivity contribution in [3.8, 4) is 5.69 Å². The molecular formula is C26H24ClN5O4S. The molecule has 0 saturated carbocycles. The van der Waals surface area contributed by atoms with Crippen LogP contribution in [0.25, 0.3) is 16.7 Å². The first-order valence-electron chi connectivity index (χ1n) is 11.9. The summed E-state index contributed by atoms with van der Waals surface area (Å²) in [5, 5.41) is 8.67. The summed E-state index contributed by atoms with van der Waals surface area (Å²) in [4.78, 5) is 42.9. The number of carbonyl (C=O) groups is 2. The first-order valence-corrected chi connectivity index (χ1v) is 13.3. The molecule has 2 aromatic carbocycles. The minimum Gasteiger partial charge on any atom is -0.462 e. The van der Waals surface area contributed by atoms with Gasteiger partial charge in [-0.2, -0.15) is 5.10 Å². The number of fused-ring (bicyclic) bond motifs is 2. The maximum absolute atomic E-state index is 13.3. The first-order chi connectivity index (χ1) is 17.9. The van der Waals surface area contributed by atoms with Crippen molar-refractivity contribution in [3.05, 3.63) is 75.7 Å². The minimum absolute atomic E-state index is 0.107. The smallest absolute Gasteiger partial charge is 0.338 e. The van der Waals surface area contributed by atoms with Crippen molar-refractivity contribution in [3.63, 3.8) is 0 Å². The number of rotatable bonds is 8. The fraction of sp³-hybridized carbons (Fsp3) is 0.269. The fourth-order valence-corrected chi connectivity index (χ4v) is 5.40. The van der Waals surface area contributed by atoms with Crippen LogP contribution in [-0.4, -0.2) is 43.6 Å². The van der Waals surface area contributed by atoms with E-state index >= 15 is 0 Å². The third kappa shape index (κ3) is 5.26. The van der Waals surface area contributed by atoms with Crippen molar-refractivity contribution >= 4 is 52.0 Å². The second-order valence-electron chi connectivity index (χ2n) is 8.63. The van der Waals surface area contributed by atoms with E-state index in [0.29, 0.717) is 50.5 Å². The first kappa shape index (κ1) is 25.0. The van der Waals surface area contributed by atoms with Gasteiger partial charge in [-0.25, -0.2) is 14.5 Å². The van der Waals surface area contributed by atoms with Gasteiger partial charge in [0, 0.05) is 22.9 Å². The number of thioether (sulfide) groups is 1. The molecule has 1 atom stereocenters. The Hall–Kier alpha value is -3.63. The topological polar surface area (TPSA) is 108 Å². The standard InChI is InChI=1S/C26H24ClN5O4S/c1-2-3-11-36-25(35)16-7-9-18(10-8-16)29-22(33)13-20-15-37-26-30-23-21(24(34)31(20)26)14-28-32(23)19-6-4-5-17(27)12-19/h4-10,12,14,20H,2-3,11,13,15H2,1H3,(H,29,33). The van der Waals surface area contributed by atoms with Crippen LogP contribution in [0.3, 0.4) is 0 Å². The Morgan fingerprint density at radius 2 is 2.03 bits per heavy atom. The number of hydrogen-bond donors (Lipinski definition) is 1. The number of hydrogen-bond acceptors (Lipinski definition) is 7. The van der Waals surface area contributed by atoms with Gasteiger partial charge in [-0.05, 0) is 48.9 Å². The number of halogens is 1. The van der Waals surface area contributed by atoms with Crippen LogP contribution in [0, 0.1) is 0 Å². The summed E-state index contributed by atoms with van der Waals surface area (Å²) in [5.41, 5.74) is 1.91. The van der Waals surface area contributed by atoms with Gasteiger partial charge >= 0.3 is 5.97 Å². The van der Waals surface area contributed by atoms with Gasteiger partial charge < -0.3 is 10.1 Å². The fourth-order valence-electron chi connectivity index (χ4n) is 4.09. The van der Waals surface area contributed by atoms with Crippen molar-refractivity contribution < 1.29 is 14.3 Å². The lowest BCUT2D eigenvalue weighted by Gasteiger charge is -2.14. The normalized spacial score (nSPS) is 14.5. The van der Waals surface area contributed by atoms with E-state index in [1.165, 1.54) is 18.0 Å². The predicted octanol–water partition coefficient (Wildman–Crippen LogP) is 4.87. The van der Waals surface area contributed by atoms with E-state index in [4.69, 9.17) is 16.3 Å². The van der Waals surface area contributed by atoms with Crippen LogP contribution >= 0.6 is 23.4 Å². The van der Waals surface area contributed by atoms with Crippen molar-refractivity contribution in [1.82, 2.24) is 19.3 Å². The number of esters is 1. The zero-order chi connectivity index (χ0) is 25.9. The van der Waals surface area contributed by atoms with Crippen molar-refractivity contribution in [2.45, 2.75) is 37.4 Å². The van der Waals surface area contributed by atoms with Gasteiger partial charge in [0.15, 0.2) is 10.8 Å². The van der Waals surface area contributed by atoms with Gasteiger partial charge in [0.1, 0.15) is 5.39 Å². The number of anilines is 1. The monoisotopic (exact) mass is 537 g/mol. The van der Waals surface area contributed by atoms with Gasteiger partial charge in [0.25, 0.3) is 5.56 Å². The molecule has 11 heteroatoms. The Bertz CT molecular complexity index is 1530. The molecule has 9 nitrogen and oxygen atoms in total. The summed E-state index contributed by atoms with van der Waals surface area (Å²) in [6.07, 6.45) is 3.36. The van der Waals surface area contributed by atoms with E-state index in [1.807, 2.05) is 19.1 Å². The largest absolute Gasteiger partial charge is 0.462 e. The van der Waals surface area contributed by atoms with Crippen LogP contribution in [0.15, 0.2) is 64.7 Å². The number of ether oxygens (including phenoxy) is 1. The van der Waals surface area contributed by atoms with E-state index in [2.05, 4.69) is 15.4 Å². The lowest BCUT2D eigenvalue weighted by Crippen LogP contribution is -2.27. The maximum Gasteiger partial charge on any atom is 0.338 e. The number of unbranched alkanes of at least 4 members (excludes halogenated alkanes) is 1. The second-order valence-corrected chi connectivity index (χ2v) is 10.1. The molecular weight excluding hydrogens is 514 g/mol. The van der Waals surface area contributed by atoms with Gasteiger partial charge in [-0.1, -0.05) is 42.8 Å². The number of nitrogens with one attached hydrogen (secondary N) is 1. The molecule has 2 aromatic heterocycles. The van der Waals surface area contributed by atoms with Crippen LogP contribution in [0.5, 0.6) is 0 Å². The van der Waals surface area contributed by atoms with Crippen LogP contribution in [0.1, 0.15) is 42.6 Å². The molecule has 190 valence electrons. The second kappa shape index (κ2) is 10.8. The maximum atomic E-state index is 13.3. The van der Waals surface area contributed by atoms with Gasteiger partial charge in [0.05, 0.1) is 30.1 Å². The molecule has 1 N–H and O–H groups in total. The van der Waals surface area contributed by atoms with Crippen molar-refractivity contribution in [2.75, 3.05) is 17.7 Å². The summed E-state index contributed by atoms with van der Waals surface area (Å²) in [5.74, 6) is -0.0730. The van der Waals surface area contributed by atoms with E-state index in [9.17, 15) is 14.4 Å². The van der Waals surface area contributed by atoms with E-state index in [-0.39, 0.29) is 29.9 Å². The molecule has 37 heavy (non-hydrogen) atoms. The van der Waals surface area contributed by atoms with Crippen molar-refractivity contribution in [2.24, 2.45) is 0 Å². The molecule has 4 aromatic rings. The molecule has 5 rings (SSSR count). The average molecular weight is 538 g/mol. The number of benzene rings is 2. The third-order valence-corrected chi connectivity index (χ3v) is 7.31. The molecule has 1 aliphatic heterocycles. The summed E-state index contributed by atoms with van der Waals surface area (Å²) >= 11 is 7.55. The number of nitrogens with zero attached hydrogens (tertiary/aromatic N) is 4. The van der Waals surface area contributed by atoms with Crippen LogP contribution < -0.4 is 10.9 Å². The Kier molecular flexibility index (Phi) is 7.29. The summed E-state index contributed by atoms with van der Waals surface area (Å²) < 4.78 is 8.37. The molecule has 0 radical (unpaired) electrons. The van der Waals surface area contributed by atoms with Crippen LogP contribution in [-0.2, 0) is 9.53 Å². The van der Waals surface area contributed by atoms with Gasteiger partial charge in [0.2, 0.25) is 5.91 Å². The Labute approximate surface area is 221 Å². The molecule has 3 heterocycles. The summed E-state index contributed by atoms with van der Waals surface area (Å²) in [6.45, 7) is 2.41. The highest BCUT2D eigenvalue weighted by molar-refractivity contribution is 7.99. The molecule has 1 unspecified atom stereocenters. The van der Waals surface area contributed by atoms with Crippen LogP contribution in [0.4, 0.5) is 5.69 Å². The zero-order valence-corrected chi connectivity index (χ0v) is 21.6. The predicted molar refractivity (Wildman–Crippen MR) is 143 cm³/mol. The molecule has 1 aliphatic rings. The molecule has 0 saturated heterocycles. The van der Waals surface area contributed by atoms with E-state index in [1.54, 1.807) is 45.6 Å². The highest BCUT2D eigenvalue weighted by atomic mass is 35.5. The minimum atomic E-state index is -0.386. The van der Waals surface area contributed by atoms with E-state index < -0.39 is 0 Å². The Morgan fingerprint density at radius 3 is 2.78 bits per heavy atom. The third-order valence-electron chi connectivity index (χ3n) is 5.98. The van der Waals surface area contributed by atoms with Gasteiger partial charge in [-0.15, -0.1) is 0 Å². The average Bonchev–Trinajstić information content (AvgIpc) is 3.49. The Morgan fingerprint density at radius 1 is 1.22 bits per heavy atom.